The second-order valence-corrected chi connectivity index (χ2v) is 1.28. The van der Waals surface area contributed by atoms with Gasteiger partial charge in [0.1, 0.15) is 0 Å². The highest BCUT2D eigenvalue weighted by Crippen LogP contribution is 1.77. The molecule has 0 aliphatic heterocycles. The number of hydrogen-bond donors (Lipinski definition) is 2. The minimum atomic E-state index is 0. The molecule has 0 aliphatic carbocycles. The minimum absolute atomic E-state index is 0. The SMILES string of the molecule is Cl.NCCCCN. The number of rotatable bonds is 3. The van der Waals surface area contributed by atoms with Crippen molar-refractivity contribution in [3.05, 3.63) is 0 Å². The third kappa shape index (κ3) is 10.7. The largest absolute Gasteiger partial charge is 0.330 e. The molecule has 7 heavy (non-hydrogen) atoms. The highest BCUT2D eigenvalue weighted by Gasteiger charge is 1.75. The Morgan fingerprint density at radius 3 is 1.29 bits per heavy atom. The van der Waals surface area contributed by atoms with Gasteiger partial charge in [0.25, 0.3) is 0 Å². The maximum absolute atomic E-state index is 5.16. The van der Waals surface area contributed by atoms with Crippen molar-refractivity contribution >= 4 is 12.4 Å². The molecule has 46 valence electrons. The minimum Gasteiger partial charge on any atom is -0.330 e. The molecule has 0 saturated carbocycles. The van der Waals surface area contributed by atoms with Gasteiger partial charge in [0, 0.05) is 0 Å². The van der Waals surface area contributed by atoms with Crippen LogP contribution in [0, 0.1) is 0 Å². The molecule has 0 aromatic rings. The zero-order valence-electron chi connectivity index (χ0n) is 4.39. The summed E-state index contributed by atoms with van der Waals surface area (Å²) >= 11 is 0. The first kappa shape index (κ1) is 10.2. The van der Waals surface area contributed by atoms with E-state index in [4.69, 9.17) is 11.5 Å². The van der Waals surface area contributed by atoms with Crippen molar-refractivity contribution in [3.8, 4) is 0 Å². The monoisotopic (exact) mass is 124 g/mol. The van der Waals surface area contributed by atoms with Crippen molar-refractivity contribution in [2.45, 2.75) is 12.8 Å². The van der Waals surface area contributed by atoms with E-state index in [9.17, 15) is 0 Å². The number of halogens is 1. The van der Waals surface area contributed by atoms with Gasteiger partial charge in [0.15, 0.2) is 0 Å². The normalized spacial score (nSPS) is 7.71. The first-order chi connectivity index (χ1) is 2.91. The molecule has 0 atom stereocenters. The van der Waals surface area contributed by atoms with E-state index in [0.29, 0.717) is 0 Å². The Morgan fingerprint density at radius 1 is 0.857 bits per heavy atom. The Balaban J connectivity index is 0. The van der Waals surface area contributed by atoms with E-state index in [0.717, 1.165) is 25.9 Å². The quantitative estimate of drug-likeness (QED) is 0.525. The fourth-order valence-corrected chi connectivity index (χ4v) is 0.289. The fourth-order valence-electron chi connectivity index (χ4n) is 0.289. The standard InChI is InChI=1S/C4H12N2.ClH/c5-3-1-2-4-6;/h1-6H2;1H. The van der Waals surface area contributed by atoms with Crippen molar-refractivity contribution in [1.29, 1.82) is 0 Å². The summed E-state index contributed by atoms with van der Waals surface area (Å²) in [5, 5.41) is 0. The molecule has 0 fully saturated rings. The van der Waals surface area contributed by atoms with Crippen LogP contribution in [0.25, 0.3) is 0 Å². The van der Waals surface area contributed by atoms with Gasteiger partial charge in [0.05, 0.1) is 0 Å². The molecule has 0 aliphatic rings. The van der Waals surface area contributed by atoms with E-state index in [-0.39, 0.29) is 12.4 Å². The molecule has 2 nitrogen and oxygen atoms in total. The first-order valence-electron chi connectivity index (χ1n) is 2.32. The molecule has 0 spiro atoms. The summed E-state index contributed by atoms with van der Waals surface area (Å²) in [6.45, 7) is 1.55. The molecule has 0 aromatic carbocycles. The lowest BCUT2D eigenvalue weighted by Gasteiger charge is -1.87. The maximum atomic E-state index is 5.16. The molecule has 3 heteroatoms. The van der Waals surface area contributed by atoms with Gasteiger partial charge in [-0.2, -0.15) is 0 Å². The zero-order valence-corrected chi connectivity index (χ0v) is 5.21. The van der Waals surface area contributed by atoms with Gasteiger partial charge in [-0.1, -0.05) is 0 Å². The van der Waals surface area contributed by atoms with Crippen molar-refractivity contribution in [3.63, 3.8) is 0 Å². The number of unbranched alkanes of at least 4 members (excludes halogenated alkanes) is 1. The van der Waals surface area contributed by atoms with E-state index in [1.807, 2.05) is 0 Å². The molecule has 0 unspecified atom stereocenters. The Morgan fingerprint density at radius 2 is 1.14 bits per heavy atom. The van der Waals surface area contributed by atoms with Crippen LogP contribution in [0.1, 0.15) is 12.8 Å². The van der Waals surface area contributed by atoms with E-state index >= 15 is 0 Å². The van der Waals surface area contributed by atoms with Gasteiger partial charge < -0.3 is 11.5 Å². The summed E-state index contributed by atoms with van der Waals surface area (Å²) in [7, 11) is 0. The van der Waals surface area contributed by atoms with Gasteiger partial charge in [-0.25, -0.2) is 0 Å². The highest BCUT2D eigenvalue weighted by molar-refractivity contribution is 5.85. The summed E-state index contributed by atoms with van der Waals surface area (Å²) in [5.41, 5.74) is 10.3. The third-order valence-electron chi connectivity index (χ3n) is 0.658. The van der Waals surface area contributed by atoms with E-state index in [2.05, 4.69) is 0 Å². The maximum Gasteiger partial charge on any atom is -0.00768 e. The van der Waals surface area contributed by atoms with Crippen molar-refractivity contribution < 1.29 is 0 Å². The molecular weight excluding hydrogens is 112 g/mol. The molecular formula is C4H13ClN2. The van der Waals surface area contributed by atoms with Crippen LogP contribution in [0.15, 0.2) is 0 Å². The Bertz CT molecular complexity index is 21.7. The molecule has 0 aromatic heterocycles. The van der Waals surface area contributed by atoms with E-state index in [1.165, 1.54) is 0 Å². The Hall–Kier alpha value is 0.210. The fraction of sp³-hybridized carbons (Fsp3) is 1.00. The predicted molar refractivity (Wildman–Crippen MR) is 34.6 cm³/mol. The van der Waals surface area contributed by atoms with Gasteiger partial charge >= 0.3 is 0 Å². The summed E-state index contributed by atoms with van der Waals surface area (Å²) in [6, 6.07) is 0. The van der Waals surface area contributed by atoms with Gasteiger partial charge in [-0.05, 0) is 25.9 Å². The molecule has 0 heterocycles. The Labute approximate surface area is 50.7 Å². The van der Waals surface area contributed by atoms with Crippen LogP contribution in [-0.4, -0.2) is 13.1 Å². The first-order valence-corrected chi connectivity index (χ1v) is 2.32. The van der Waals surface area contributed by atoms with Crippen molar-refractivity contribution in [1.82, 2.24) is 0 Å². The topological polar surface area (TPSA) is 52.0 Å². The molecule has 0 saturated heterocycles. The zero-order chi connectivity index (χ0) is 4.83. The number of nitrogens with two attached hydrogens (primary N) is 2. The molecule has 0 rings (SSSR count). The van der Waals surface area contributed by atoms with Crippen LogP contribution in [0.5, 0.6) is 0 Å². The highest BCUT2D eigenvalue weighted by atomic mass is 35.5. The summed E-state index contributed by atoms with van der Waals surface area (Å²) in [4.78, 5) is 0. The van der Waals surface area contributed by atoms with Gasteiger partial charge in [0.2, 0.25) is 0 Å². The van der Waals surface area contributed by atoms with Gasteiger partial charge in [-0.3, -0.25) is 0 Å². The average molecular weight is 125 g/mol. The lowest BCUT2D eigenvalue weighted by molar-refractivity contribution is 0.755. The summed E-state index contributed by atoms with van der Waals surface area (Å²) in [5.74, 6) is 0. The van der Waals surface area contributed by atoms with Crippen molar-refractivity contribution in [2.75, 3.05) is 13.1 Å². The van der Waals surface area contributed by atoms with E-state index < -0.39 is 0 Å². The van der Waals surface area contributed by atoms with Gasteiger partial charge in [-0.15, -0.1) is 12.4 Å². The smallest absolute Gasteiger partial charge is 0.00768 e. The molecule has 0 amide bonds. The van der Waals surface area contributed by atoms with Crippen LogP contribution in [0.3, 0.4) is 0 Å². The van der Waals surface area contributed by atoms with E-state index in [1.54, 1.807) is 0 Å². The molecule has 4 N–H and O–H groups in total. The average Bonchev–Trinajstić information content (AvgIpc) is 1.61. The van der Waals surface area contributed by atoms with Crippen LogP contribution < -0.4 is 11.5 Å². The van der Waals surface area contributed by atoms with Crippen LogP contribution in [0.2, 0.25) is 0 Å². The second kappa shape index (κ2) is 9.51. The molecule has 0 radical (unpaired) electrons. The second-order valence-electron chi connectivity index (χ2n) is 1.28. The van der Waals surface area contributed by atoms with Crippen LogP contribution >= 0.6 is 12.4 Å². The Kier molecular flexibility index (Phi) is 13.9. The lowest BCUT2D eigenvalue weighted by atomic mass is 10.3. The molecule has 0 bridgehead atoms. The van der Waals surface area contributed by atoms with Crippen LogP contribution in [0.4, 0.5) is 0 Å². The number of hydrogen-bond acceptors (Lipinski definition) is 2. The van der Waals surface area contributed by atoms with Crippen molar-refractivity contribution in [2.24, 2.45) is 11.5 Å². The summed E-state index contributed by atoms with van der Waals surface area (Å²) < 4.78 is 0. The van der Waals surface area contributed by atoms with Crippen LogP contribution in [-0.2, 0) is 0 Å². The predicted octanol–water partition coefficient (Wildman–Crippen LogP) is 0.106. The third-order valence-corrected chi connectivity index (χ3v) is 0.658. The lowest BCUT2D eigenvalue weighted by Crippen LogP contribution is -2.03. The summed E-state index contributed by atoms with van der Waals surface area (Å²) in [6.07, 6.45) is 2.13.